The fourth-order valence-electron chi connectivity index (χ4n) is 10.3. The van der Waals surface area contributed by atoms with E-state index in [-0.39, 0.29) is 18.5 Å². The Morgan fingerprint density at radius 3 is 1.29 bits per heavy atom. The molecule has 1 saturated heterocycles. The Bertz CT molecular complexity index is 1450. The van der Waals surface area contributed by atoms with E-state index in [2.05, 4.69) is 55.6 Å². The minimum absolute atomic E-state index is 0.00534. The minimum atomic E-state index is -1.57. The van der Waals surface area contributed by atoms with Gasteiger partial charge < -0.3 is 45.1 Å². The second-order valence-electron chi connectivity index (χ2n) is 23.2. The standard InChI is InChI=1S/C68H125NO10/c1-3-5-7-9-11-13-14-15-16-17-23-27-30-33-36-40-44-48-52-56-64(73)77-57-53-49-45-41-37-34-31-28-25-22-20-18-19-21-24-26-29-32-35-39-43-47-51-55-63(72)69-60(61(71)54-50-46-42-38-12-10-8-6-4-2)59-78-68-67(76)66(75)65(74)62(58-70)79-68/h15-16,18,20-21,24,50,54,60-62,65-68,70-71,74-76H,3-14,17,19,22-23,25-49,51-53,55-59H2,1-2H3,(H,69,72)/b16-15-,20-18-,24-21-,54-50+. The van der Waals surface area contributed by atoms with Crippen molar-refractivity contribution in [3.8, 4) is 0 Å². The highest BCUT2D eigenvalue weighted by molar-refractivity contribution is 5.76. The number of esters is 1. The van der Waals surface area contributed by atoms with Crippen molar-refractivity contribution in [1.82, 2.24) is 5.32 Å². The maximum Gasteiger partial charge on any atom is 0.305 e. The minimum Gasteiger partial charge on any atom is -0.466 e. The van der Waals surface area contributed by atoms with Gasteiger partial charge in [-0.1, -0.05) is 255 Å². The summed E-state index contributed by atoms with van der Waals surface area (Å²) in [6.45, 7) is 4.31. The zero-order valence-electron chi connectivity index (χ0n) is 51.1. The molecule has 0 aromatic rings. The lowest BCUT2D eigenvalue weighted by atomic mass is 9.99. The van der Waals surface area contributed by atoms with Crippen LogP contribution in [-0.4, -0.2) is 100 Å². The molecule has 1 heterocycles. The predicted molar refractivity (Wildman–Crippen MR) is 329 cm³/mol. The van der Waals surface area contributed by atoms with E-state index in [9.17, 15) is 35.1 Å². The van der Waals surface area contributed by atoms with E-state index in [0.717, 1.165) is 83.5 Å². The zero-order valence-corrected chi connectivity index (χ0v) is 51.1. The molecule has 0 aliphatic carbocycles. The number of hydrogen-bond donors (Lipinski definition) is 6. The monoisotopic (exact) mass is 1120 g/mol. The van der Waals surface area contributed by atoms with Crippen molar-refractivity contribution in [2.75, 3.05) is 19.8 Å². The SMILES string of the molecule is CCCCCCCC/C=C\CCCCCCCCCCCC(=O)OCCCCCCCCCCC/C=C\C/C=C\CCCCCCCCCC(=O)NC(COC1OC(CO)C(O)C(O)C1O)C(O)/C=C/CCCCCCCCC. The molecule has 0 spiro atoms. The van der Waals surface area contributed by atoms with Crippen LogP contribution in [0.1, 0.15) is 309 Å². The molecule has 1 fully saturated rings. The predicted octanol–water partition coefficient (Wildman–Crippen LogP) is 16.4. The second-order valence-corrected chi connectivity index (χ2v) is 23.2. The van der Waals surface area contributed by atoms with Crippen LogP contribution in [0.4, 0.5) is 0 Å². The van der Waals surface area contributed by atoms with E-state index >= 15 is 0 Å². The Kier molecular flexibility index (Phi) is 54.3. The Morgan fingerprint density at radius 2 is 0.848 bits per heavy atom. The first kappa shape index (κ1) is 74.6. The molecule has 6 N–H and O–H groups in total. The zero-order chi connectivity index (χ0) is 57.3. The Morgan fingerprint density at radius 1 is 0.468 bits per heavy atom. The number of rotatable bonds is 58. The van der Waals surface area contributed by atoms with Gasteiger partial charge in [-0.05, 0) is 89.9 Å². The van der Waals surface area contributed by atoms with Crippen LogP contribution in [0.2, 0.25) is 0 Å². The normalized spacial score (nSPS) is 18.7. The summed E-state index contributed by atoms with van der Waals surface area (Å²) in [6.07, 6.45) is 63.8. The van der Waals surface area contributed by atoms with E-state index in [1.807, 2.05) is 6.08 Å². The first-order chi connectivity index (χ1) is 38.7. The molecule has 11 nitrogen and oxygen atoms in total. The quantitative estimate of drug-likeness (QED) is 0.0195. The molecular formula is C68H125NO10. The molecule has 1 aliphatic rings. The molecule has 0 bridgehead atoms. The number of aliphatic hydroxyl groups is 5. The summed E-state index contributed by atoms with van der Waals surface area (Å²) in [5.74, 6) is -0.200. The van der Waals surface area contributed by atoms with Crippen LogP contribution in [0, 0.1) is 0 Å². The fraction of sp³-hybridized carbons (Fsp3) is 0.853. The maximum atomic E-state index is 13.0. The number of nitrogens with one attached hydrogen (secondary N) is 1. The molecule has 462 valence electrons. The Hall–Kier alpha value is -2.38. The van der Waals surface area contributed by atoms with Crippen LogP contribution in [0.5, 0.6) is 0 Å². The average Bonchev–Trinajstić information content (AvgIpc) is 3.47. The molecule has 1 rings (SSSR count). The smallest absolute Gasteiger partial charge is 0.305 e. The molecule has 1 amide bonds. The number of ether oxygens (including phenoxy) is 3. The topological polar surface area (TPSA) is 175 Å². The molecule has 79 heavy (non-hydrogen) atoms. The van der Waals surface area contributed by atoms with Gasteiger partial charge in [0.15, 0.2) is 6.29 Å². The van der Waals surface area contributed by atoms with Crippen molar-refractivity contribution in [3.05, 3.63) is 48.6 Å². The molecule has 7 atom stereocenters. The van der Waals surface area contributed by atoms with Crippen LogP contribution < -0.4 is 5.32 Å². The van der Waals surface area contributed by atoms with E-state index in [1.54, 1.807) is 6.08 Å². The molecular weight excluding hydrogens is 991 g/mol. The first-order valence-corrected chi connectivity index (χ1v) is 33.4. The molecule has 11 heteroatoms. The van der Waals surface area contributed by atoms with Crippen molar-refractivity contribution in [2.45, 2.75) is 352 Å². The largest absolute Gasteiger partial charge is 0.466 e. The molecule has 0 saturated carbocycles. The summed E-state index contributed by atoms with van der Waals surface area (Å²) in [4.78, 5) is 25.1. The number of hydrogen-bond acceptors (Lipinski definition) is 10. The van der Waals surface area contributed by atoms with Gasteiger partial charge in [0.25, 0.3) is 0 Å². The maximum absolute atomic E-state index is 13.0. The van der Waals surface area contributed by atoms with Crippen molar-refractivity contribution in [2.24, 2.45) is 0 Å². The van der Waals surface area contributed by atoms with Gasteiger partial charge in [-0.15, -0.1) is 0 Å². The summed E-state index contributed by atoms with van der Waals surface area (Å²) in [7, 11) is 0. The molecule has 0 radical (unpaired) electrons. The van der Waals surface area contributed by atoms with Crippen molar-refractivity contribution >= 4 is 11.9 Å². The molecule has 0 aromatic carbocycles. The third kappa shape index (κ3) is 46.8. The second kappa shape index (κ2) is 57.4. The van der Waals surface area contributed by atoms with Gasteiger partial charge in [-0.3, -0.25) is 9.59 Å². The van der Waals surface area contributed by atoms with Gasteiger partial charge in [-0.25, -0.2) is 0 Å². The summed E-state index contributed by atoms with van der Waals surface area (Å²) in [6, 6.07) is -0.817. The summed E-state index contributed by atoms with van der Waals surface area (Å²) in [5, 5.41) is 54.2. The Labute approximate surface area is 485 Å². The van der Waals surface area contributed by atoms with Crippen LogP contribution in [0.25, 0.3) is 0 Å². The number of allylic oxidation sites excluding steroid dienone is 7. The van der Waals surface area contributed by atoms with Gasteiger partial charge in [0.2, 0.25) is 5.91 Å². The Balaban J connectivity index is 1.97. The first-order valence-electron chi connectivity index (χ1n) is 33.4. The van der Waals surface area contributed by atoms with Gasteiger partial charge in [-0.2, -0.15) is 0 Å². The van der Waals surface area contributed by atoms with Crippen LogP contribution in [-0.2, 0) is 23.8 Å². The lowest BCUT2D eigenvalue weighted by molar-refractivity contribution is -0.302. The van der Waals surface area contributed by atoms with Gasteiger partial charge >= 0.3 is 5.97 Å². The van der Waals surface area contributed by atoms with Gasteiger partial charge in [0.1, 0.15) is 24.4 Å². The van der Waals surface area contributed by atoms with E-state index in [1.165, 1.54) is 199 Å². The van der Waals surface area contributed by atoms with Gasteiger partial charge in [0, 0.05) is 12.8 Å². The number of unbranched alkanes of at least 4 members (excludes halogenated alkanes) is 38. The van der Waals surface area contributed by atoms with Crippen LogP contribution in [0.3, 0.4) is 0 Å². The van der Waals surface area contributed by atoms with Gasteiger partial charge in [0.05, 0.1) is 32.0 Å². The van der Waals surface area contributed by atoms with Crippen molar-refractivity contribution < 1.29 is 49.3 Å². The highest BCUT2D eigenvalue weighted by atomic mass is 16.7. The van der Waals surface area contributed by atoms with Crippen LogP contribution >= 0.6 is 0 Å². The fourth-order valence-corrected chi connectivity index (χ4v) is 10.3. The molecule has 0 aromatic heterocycles. The number of carbonyl (C=O) groups is 2. The lowest BCUT2D eigenvalue weighted by Crippen LogP contribution is -2.60. The van der Waals surface area contributed by atoms with E-state index < -0.39 is 49.5 Å². The highest BCUT2D eigenvalue weighted by Gasteiger charge is 2.44. The van der Waals surface area contributed by atoms with Crippen molar-refractivity contribution in [1.29, 1.82) is 0 Å². The van der Waals surface area contributed by atoms with E-state index in [0.29, 0.717) is 19.4 Å². The molecule has 7 unspecified atom stereocenters. The number of amides is 1. The van der Waals surface area contributed by atoms with E-state index in [4.69, 9.17) is 14.2 Å². The van der Waals surface area contributed by atoms with Crippen molar-refractivity contribution in [3.63, 3.8) is 0 Å². The third-order valence-electron chi connectivity index (χ3n) is 15.7. The highest BCUT2D eigenvalue weighted by Crippen LogP contribution is 2.23. The number of aliphatic hydroxyl groups excluding tert-OH is 5. The molecule has 1 aliphatic heterocycles. The average molecular weight is 1120 g/mol. The number of carbonyl (C=O) groups excluding carboxylic acids is 2. The lowest BCUT2D eigenvalue weighted by Gasteiger charge is -2.40. The summed E-state index contributed by atoms with van der Waals surface area (Å²) >= 11 is 0. The van der Waals surface area contributed by atoms with Crippen LogP contribution in [0.15, 0.2) is 48.6 Å². The summed E-state index contributed by atoms with van der Waals surface area (Å²) < 4.78 is 16.7. The summed E-state index contributed by atoms with van der Waals surface area (Å²) in [5.41, 5.74) is 0. The third-order valence-corrected chi connectivity index (χ3v) is 15.7.